The number of nitrogen functional groups attached to an aromatic ring is 1. The van der Waals surface area contributed by atoms with Gasteiger partial charge in [0.05, 0.1) is 16.3 Å². The van der Waals surface area contributed by atoms with Gasteiger partial charge >= 0.3 is 0 Å². The number of nitrogens with zero attached hydrogens (tertiary/aromatic N) is 2. The zero-order valence-electron chi connectivity index (χ0n) is 8.93. The highest BCUT2D eigenvalue weighted by molar-refractivity contribution is 14.1. The van der Waals surface area contributed by atoms with Gasteiger partial charge in [0.2, 0.25) is 0 Å². The van der Waals surface area contributed by atoms with Crippen LogP contribution in [0.3, 0.4) is 0 Å². The van der Waals surface area contributed by atoms with Gasteiger partial charge in [0.25, 0.3) is 5.91 Å². The number of halogens is 1. The molecule has 17 heavy (non-hydrogen) atoms. The lowest BCUT2D eigenvalue weighted by molar-refractivity contribution is 0.0952. The second kappa shape index (κ2) is 5.28. The summed E-state index contributed by atoms with van der Waals surface area (Å²) < 4.78 is 2.84. The SMILES string of the molecule is NNC(=O)c1ccccc1Cn1cc(I)cn1. The lowest BCUT2D eigenvalue weighted by Crippen LogP contribution is -2.31. The molecule has 0 aliphatic heterocycles. The van der Waals surface area contributed by atoms with Gasteiger partial charge in [-0.1, -0.05) is 18.2 Å². The van der Waals surface area contributed by atoms with E-state index in [-0.39, 0.29) is 5.91 Å². The molecule has 0 fully saturated rings. The van der Waals surface area contributed by atoms with E-state index in [0.717, 1.165) is 9.13 Å². The van der Waals surface area contributed by atoms with E-state index in [9.17, 15) is 4.79 Å². The fraction of sp³-hybridized carbons (Fsp3) is 0.0909. The van der Waals surface area contributed by atoms with Crippen molar-refractivity contribution in [3.05, 3.63) is 51.4 Å². The average molecular weight is 342 g/mol. The monoisotopic (exact) mass is 342 g/mol. The van der Waals surface area contributed by atoms with Gasteiger partial charge in [0.1, 0.15) is 0 Å². The van der Waals surface area contributed by atoms with Crippen LogP contribution in [0.1, 0.15) is 15.9 Å². The molecular weight excluding hydrogens is 331 g/mol. The standard InChI is InChI=1S/C11H11IN4O/c12-9-5-14-16(7-9)6-8-3-1-2-4-10(8)11(17)15-13/h1-5,7H,6,13H2,(H,15,17). The van der Waals surface area contributed by atoms with Crippen LogP contribution in [-0.2, 0) is 6.54 Å². The van der Waals surface area contributed by atoms with Crippen molar-refractivity contribution in [2.24, 2.45) is 5.84 Å². The van der Waals surface area contributed by atoms with Gasteiger partial charge in [-0.25, -0.2) is 5.84 Å². The number of nitrogens with two attached hydrogens (primary N) is 1. The van der Waals surface area contributed by atoms with Crippen molar-refractivity contribution < 1.29 is 4.79 Å². The van der Waals surface area contributed by atoms with E-state index in [2.05, 4.69) is 33.1 Å². The zero-order chi connectivity index (χ0) is 12.3. The third kappa shape index (κ3) is 2.83. The average Bonchev–Trinajstić information content (AvgIpc) is 2.74. The molecule has 0 unspecified atom stereocenters. The van der Waals surface area contributed by atoms with Crippen molar-refractivity contribution in [3.8, 4) is 0 Å². The first-order valence-electron chi connectivity index (χ1n) is 4.97. The van der Waals surface area contributed by atoms with Gasteiger partial charge < -0.3 is 0 Å². The predicted octanol–water partition coefficient (Wildman–Crippen LogP) is 1.14. The number of nitrogens with one attached hydrogen (secondary N) is 1. The molecule has 88 valence electrons. The summed E-state index contributed by atoms with van der Waals surface area (Å²) in [6, 6.07) is 7.32. The number of hydrogen-bond donors (Lipinski definition) is 2. The normalized spacial score (nSPS) is 10.2. The topological polar surface area (TPSA) is 72.9 Å². The number of rotatable bonds is 3. The van der Waals surface area contributed by atoms with Gasteiger partial charge in [-0.15, -0.1) is 0 Å². The molecule has 6 heteroatoms. The second-order valence-corrected chi connectivity index (χ2v) is 4.73. The Labute approximate surface area is 112 Å². The van der Waals surface area contributed by atoms with Gasteiger partial charge in [-0.2, -0.15) is 5.10 Å². The molecule has 1 amide bonds. The fourth-order valence-corrected chi connectivity index (χ4v) is 2.00. The Balaban J connectivity index is 2.29. The minimum absolute atomic E-state index is 0.289. The summed E-state index contributed by atoms with van der Waals surface area (Å²) in [5, 5.41) is 4.18. The summed E-state index contributed by atoms with van der Waals surface area (Å²) in [5.41, 5.74) is 3.60. The highest BCUT2D eigenvalue weighted by Gasteiger charge is 2.09. The first-order chi connectivity index (χ1) is 8.20. The molecule has 1 aromatic carbocycles. The van der Waals surface area contributed by atoms with Crippen LogP contribution in [0.15, 0.2) is 36.7 Å². The van der Waals surface area contributed by atoms with Crippen LogP contribution >= 0.6 is 22.6 Å². The van der Waals surface area contributed by atoms with E-state index in [1.165, 1.54) is 0 Å². The Bertz CT molecular complexity index is 538. The van der Waals surface area contributed by atoms with Crippen LogP contribution in [0, 0.1) is 3.57 Å². The number of amides is 1. The Kier molecular flexibility index (Phi) is 3.75. The van der Waals surface area contributed by atoms with Crippen molar-refractivity contribution >= 4 is 28.5 Å². The number of carbonyl (C=O) groups is 1. The van der Waals surface area contributed by atoms with Crippen molar-refractivity contribution in [1.29, 1.82) is 0 Å². The molecule has 1 heterocycles. The molecule has 0 aliphatic carbocycles. The van der Waals surface area contributed by atoms with Crippen molar-refractivity contribution in [3.63, 3.8) is 0 Å². The van der Waals surface area contributed by atoms with Crippen LogP contribution in [0.25, 0.3) is 0 Å². The minimum atomic E-state index is -0.289. The van der Waals surface area contributed by atoms with Crippen LogP contribution in [0.2, 0.25) is 0 Å². The van der Waals surface area contributed by atoms with E-state index in [1.807, 2.05) is 18.3 Å². The summed E-state index contributed by atoms with van der Waals surface area (Å²) in [6.07, 6.45) is 3.68. The molecule has 1 aromatic heterocycles. The van der Waals surface area contributed by atoms with Gasteiger partial charge in [0, 0.05) is 11.8 Å². The van der Waals surface area contributed by atoms with E-state index in [4.69, 9.17) is 5.84 Å². The maximum absolute atomic E-state index is 11.6. The van der Waals surface area contributed by atoms with E-state index < -0.39 is 0 Å². The molecule has 0 bridgehead atoms. The van der Waals surface area contributed by atoms with E-state index in [1.54, 1.807) is 23.0 Å². The summed E-state index contributed by atoms with van der Waals surface area (Å²) in [4.78, 5) is 11.6. The third-order valence-electron chi connectivity index (χ3n) is 2.33. The molecule has 0 aliphatic rings. The lowest BCUT2D eigenvalue weighted by atomic mass is 10.1. The second-order valence-electron chi connectivity index (χ2n) is 3.49. The Morgan fingerprint density at radius 1 is 1.47 bits per heavy atom. The predicted molar refractivity (Wildman–Crippen MR) is 72.1 cm³/mol. The Morgan fingerprint density at radius 2 is 2.24 bits per heavy atom. The number of carbonyl (C=O) groups excluding carboxylic acids is 1. The molecule has 3 N–H and O–H groups in total. The molecule has 0 atom stereocenters. The maximum Gasteiger partial charge on any atom is 0.265 e. The van der Waals surface area contributed by atoms with Crippen LogP contribution in [0.4, 0.5) is 0 Å². The smallest absolute Gasteiger partial charge is 0.265 e. The Morgan fingerprint density at radius 3 is 2.88 bits per heavy atom. The van der Waals surface area contributed by atoms with Crippen molar-refractivity contribution in [1.82, 2.24) is 15.2 Å². The van der Waals surface area contributed by atoms with Gasteiger partial charge in [-0.3, -0.25) is 14.9 Å². The van der Waals surface area contributed by atoms with Crippen molar-refractivity contribution in [2.75, 3.05) is 0 Å². The molecule has 5 nitrogen and oxygen atoms in total. The number of aromatic nitrogens is 2. The fourth-order valence-electron chi connectivity index (χ4n) is 1.56. The molecule has 0 saturated heterocycles. The van der Waals surface area contributed by atoms with Crippen molar-refractivity contribution in [2.45, 2.75) is 6.54 Å². The highest BCUT2D eigenvalue weighted by atomic mass is 127. The molecule has 0 radical (unpaired) electrons. The first kappa shape index (κ1) is 12.1. The van der Waals surface area contributed by atoms with E-state index in [0.29, 0.717) is 12.1 Å². The van der Waals surface area contributed by atoms with Crippen LogP contribution < -0.4 is 11.3 Å². The molecule has 2 aromatic rings. The minimum Gasteiger partial charge on any atom is -0.290 e. The van der Waals surface area contributed by atoms with E-state index >= 15 is 0 Å². The largest absolute Gasteiger partial charge is 0.290 e. The summed E-state index contributed by atoms with van der Waals surface area (Å²) in [7, 11) is 0. The maximum atomic E-state index is 11.6. The molecule has 2 rings (SSSR count). The summed E-state index contributed by atoms with van der Waals surface area (Å²) >= 11 is 2.19. The number of hydrazine groups is 1. The molecule has 0 spiro atoms. The third-order valence-corrected chi connectivity index (χ3v) is 2.88. The Hall–Kier alpha value is -1.41. The van der Waals surface area contributed by atoms with Crippen LogP contribution in [0.5, 0.6) is 0 Å². The number of benzene rings is 1. The summed E-state index contributed by atoms with van der Waals surface area (Å²) in [6.45, 7) is 0.548. The molecule has 0 saturated carbocycles. The number of hydrogen-bond acceptors (Lipinski definition) is 3. The zero-order valence-corrected chi connectivity index (χ0v) is 11.1. The summed E-state index contributed by atoms with van der Waals surface area (Å²) in [5.74, 6) is 4.86. The highest BCUT2D eigenvalue weighted by Crippen LogP contribution is 2.11. The quantitative estimate of drug-likeness (QED) is 0.380. The first-order valence-corrected chi connectivity index (χ1v) is 6.05. The van der Waals surface area contributed by atoms with Crippen LogP contribution in [-0.4, -0.2) is 15.7 Å². The molecular formula is C11H11IN4O. The lowest BCUT2D eigenvalue weighted by Gasteiger charge is -2.07. The van der Waals surface area contributed by atoms with Gasteiger partial charge in [-0.05, 0) is 34.2 Å². The van der Waals surface area contributed by atoms with Gasteiger partial charge in [0.15, 0.2) is 0 Å².